The van der Waals surface area contributed by atoms with Gasteiger partial charge >= 0.3 is 0 Å². The fraction of sp³-hybridized carbons (Fsp3) is 0.400. The zero-order chi connectivity index (χ0) is 12.8. The van der Waals surface area contributed by atoms with E-state index in [1.54, 1.807) is 11.3 Å². The van der Waals surface area contributed by atoms with E-state index in [1.165, 1.54) is 11.3 Å². The predicted molar refractivity (Wildman–Crippen MR) is 78.2 cm³/mol. The molecule has 2 aromatic rings. The molecule has 1 aromatic carbocycles. The van der Waals surface area contributed by atoms with E-state index in [9.17, 15) is 0 Å². The molecule has 0 saturated carbocycles. The highest BCUT2D eigenvalue weighted by Crippen LogP contribution is 2.31. The van der Waals surface area contributed by atoms with Crippen LogP contribution in [0.15, 0.2) is 41.2 Å². The van der Waals surface area contributed by atoms with Crippen LogP contribution >= 0.6 is 11.3 Å². The van der Waals surface area contributed by atoms with Crippen LogP contribution in [0.4, 0.5) is 0 Å². The topological polar surface area (TPSA) is 24.9 Å². The maximum atomic E-state index is 4.45. The number of nitrogens with zero attached hydrogens (tertiary/aromatic N) is 1. The zero-order valence-corrected chi connectivity index (χ0v) is 11.8. The van der Waals surface area contributed by atoms with Crippen LogP contribution in [0.3, 0.4) is 0 Å². The Morgan fingerprint density at radius 2 is 2.06 bits per heavy atom. The molecule has 0 bridgehead atoms. The molecule has 0 saturated heterocycles. The monoisotopic (exact) mass is 260 g/mol. The van der Waals surface area contributed by atoms with Gasteiger partial charge in [0.1, 0.15) is 0 Å². The molecule has 96 valence electrons. The van der Waals surface area contributed by atoms with Crippen LogP contribution in [0.5, 0.6) is 0 Å². The van der Waals surface area contributed by atoms with Crippen molar-refractivity contribution in [3.8, 4) is 0 Å². The van der Waals surface area contributed by atoms with Gasteiger partial charge in [-0.3, -0.25) is 0 Å². The number of aromatic nitrogens is 1. The minimum Gasteiger partial charge on any atom is -0.319 e. The van der Waals surface area contributed by atoms with Gasteiger partial charge in [0.2, 0.25) is 0 Å². The Morgan fingerprint density at radius 1 is 1.28 bits per heavy atom. The van der Waals surface area contributed by atoms with Crippen LogP contribution in [-0.2, 0) is 11.8 Å². The van der Waals surface area contributed by atoms with E-state index in [4.69, 9.17) is 0 Å². The Hall–Kier alpha value is -1.19. The van der Waals surface area contributed by atoms with Crippen molar-refractivity contribution in [1.29, 1.82) is 0 Å². The summed E-state index contributed by atoms with van der Waals surface area (Å²) in [5.74, 6) is 0. The fourth-order valence-electron chi connectivity index (χ4n) is 2.52. The first-order valence-electron chi connectivity index (χ1n) is 6.38. The first-order chi connectivity index (χ1) is 8.80. The van der Waals surface area contributed by atoms with Gasteiger partial charge in [0.15, 0.2) is 0 Å². The van der Waals surface area contributed by atoms with Gasteiger partial charge < -0.3 is 5.32 Å². The molecule has 0 aliphatic carbocycles. The molecule has 2 rings (SSSR count). The molecular formula is C15H20N2S. The number of benzene rings is 1. The molecule has 2 nitrogen and oxygen atoms in total. The van der Waals surface area contributed by atoms with Crippen molar-refractivity contribution < 1.29 is 0 Å². The second-order valence-electron chi connectivity index (χ2n) is 4.69. The second kappa shape index (κ2) is 6.12. The van der Waals surface area contributed by atoms with Crippen LogP contribution in [0, 0.1) is 0 Å². The lowest BCUT2D eigenvalue weighted by Gasteiger charge is -2.33. The number of nitrogens with one attached hydrogen (secondary N) is 1. The Morgan fingerprint density at radius 3 is 2.61 bits per heavy atom. The van der Waals surface area contributed by atoms with Crippen molar-refractivity contribution in [1.82, 2.24) is 10.3 Å². The largest absolute Gasteiger partial charge is 0.319 e. The van der Waals surface area contributed by atoms with Gasteiger partial charge in [-0.2, -0.15) is 0 Å². The van der Waals surface area contributed by atoms with Crippen LogP contribution in [-0.4, -0.2) is 18.6 Å². The number of hydrogen-bond donors (Lipinski definition) is 1. The van der Waals surface area contributed by atoms with E-state index >= 15 is 0 Å². The molecule has 1 heterocycles. The Balaban J connectivity index is 2.33. The average molecular weight is 260 g/mol. The van der Waals surface area contributed by atoms with Crippen LogP contribution in [0.1, 0.15) is 24.6 Å². The third-order valence-electron chi connectivity index (χ3n) is 3.58. The molecule has 0 spiro atoms. The Labute approximate surface area is 113 Å². The third kappa shape index (κ3) is 2.79. The van der Waals surface area contributed by atoms with Gasteiger partial charge in [0, 0.05) is 23.8 Å². The van der Waals surface area contributed by atoms with Crippen LogP contribution in [0.2, 0.25) is 0 Å². The van der Waals surface area contributed by atoms with Crippen molar-refractivity contribution in [2.75, 3.05) is 13.6 Å². The summed E-state index contributed by atoms with van der Waals surface area (Å²) in [6, 6.07) is 10.8. The number of thiazole rings is 1. The standard InChI is InChI=1S/C15H20N2S/c1-3-15(11-16-2,9-14-10-18-12-17-14)13-7-5-4-6-8-13/h4-8,10,12,16H,3,9,11H2,1-2H3. The molecule has 0 aliphatic heterocycles. The van der Waals surface area contributed by atoms with Gasteiger partial charge in [-0.25, -0.2) is 4.98 Å². The molecule has 0 aliphatic rings. The maximum absolute atomic E-state index is 4.45. The summed E-state index contributed by atoms with van der Waals surface area (Å²) in [6.07, 6.45) is 2.10. The third-order valence-corrected chi connectivity index (χ3v) is 4.22. The van der Waals surface area contributed by atoms with E-state index in [0.717, 1.165) is 19.4 Å². The van der Waals surface area contributed by atoms with E-state index in [1.807, 2.05) is 12.6 Å². The molecule has 1 aromatic heterocycles. The number of rotatable bonds is 6. The molecular weight excluding hydrogens is 240 g/mol. The van der Waals surface area contributed by atoms with E-state index < -0.39 is 0 Å². The number of hydrogen-bond acceptors (Lipinski definition) is 3. The highest BCUT2D eigenvalue weighted by molar-refractivity contribution is 7.07. The lowest BCUT2D eigenvalue weighted by atomic mass is 9.74. The molecule has 1 atom stereocenters. The van der Waals surface area contributed by atoms with E-state index in [0.29, 0.717) is 0 Å². The average Bonchev–Trinajstić information content (AvgIpc) is 2.92. The SMILES string of the molecule is CCC(CNC)(Cc1cscn1)c1ccccc1. The summed E-state index contributed by atoms with van der Waals surface area (Å²) in [6.45, 7) is 3.24. The van der Waals surface area contributed by atoms with Gasteiger partial charge in [0.25, 0.3) is 0 Å². The van der Waals surface area contributed by atoms with Crippen LogP contribution < -0.4 is 5.32 Å². The van der Waals surface area contributed by atoms with E-state index in [-0.39, 0.29) is 5.41 Å². The van der Waals surface area contributed by atoms with Gasteiger partial charge in [-0.15, -0.1) is 11.3 Å². The molecule has 1 N–H and O–H groups in total. The van der Waals surface area contributed by atoms with Crippen molar-refractivity contribution in [2.24, 2.45) is 0 Å². The first-order valence-corrected chi connectivity index (χ1v) is 7.32. The lowest BCUT2D eigenvalue weighted by molar-refractivity contribution is 0.388. The quantitative estimate of drug-likeness (QED) is 0.862. The Bertz CT molecular complexity index is 453. The summed E-state index contributed by atoms with van der Waals surface area (Å²) in [7, 11) is 2.02. The van der Waals surface area contributed by atoms with Gasteiger partial charge in [-0.05, 0) is 19.0 Å². The molecule has 1 unspecified atom stereocenters. The summed E-state index contributed by atoms with van der Waals surface area (Å²) < 4.78 is 0. The summed E-state index contributed by atoms with van der Waals surface area (Å²) in [5, 5.41) is 5.50. The molecule has 0 fully saturated rings. The second-order valence-corrected chi connectivity index (χ2v) is 5.41. The normalized spacial score (nSPS) is 14.3. The number of likely N-dealkylation sites (N-methyl/N-ethyl adjacent to an activating group) is 1. The molecule has 0 radical (unpaired) electrons. The molecule has 18 heavy (non-hydrogen) atoms. The van der Waals surface area contributed by atoms with Crippen molar-refractivity contribution in [3.63, 3.8) is 0 Å². The highest BCUT2D eigenvalue weighted by Gasteiger charge is 2.30. The predicted octanol–water partition coefficient (Wildman–Crippen LogP) is 3.25. The minimum absolute atomic E-state index is 0.143. The summed E-state index contributed by atoms with van der Waals surface area (Å²) in [5.41, 5.74) is 4.65. The smallest absolute Gasteiger partial charge is 0.0794 e. The highest BCUT2D eigenvalue weighted by atomic mass is 32.1. The van der Waals surface area contributed by atoms with Crippen LogP contribution in [0.25, 0.3) is 0 Å². The fourth-order valence-corrected chi connectivity index (χ4v) is 3.08. The van der Waals surface area contributed by atoms with Crippen molar-refractivity contribution >= 4 is 11.3 Å². The molecule has 3 heteroatoms. The van der Waals surface area contributed by atoms with Crippen molar-refractivity contribution in [3.05, 3.63) is 52.5 Å². The first kappa shape index (κ1) is 13.2. The minimum atomic E-state index is 0.143. The van der Waals surface area contributed by atoms with Gasteiger partial charge in [0.05, 0.1) is 11.2 Å². The van der Waals surface area contributed by atoms with Crippen molar-refractivity contribution in [2.45, 2.75) is 25.2 Å². The van der Waals surface area contributed by atoms with E-state index in [2.05, 4.69) is 52.9 Å². The van der Waals surface area contributed by atoms with Gasteiger partial charge in [-0.1, -0.05) is 37.3 Å². The zero-order valence-electron chi connectivity index (χ0n) is 11.0. The maximum Gasteiger partial charge on any atom is 0.0794 e. The summed E-state index contributed by atoms with van der Waals surface area (Å²) >= 11 is 1.67. The molecule has 0 amide bonds. The lowest BCUT2D eigenvalue weighted by Crippen LogP contribution is -2.38. The Kier molecular flexibility index (Phi) is 4.50. The summed E-state index contributed by atoms with van der Waals surface area (Å²) in [4.78, 5) is 4.45.